The van der Waals surface area contributed by atoms with Crippen LogP contribution in [0.5, 0.6) is 0 Å². The lowest BCUT2D eigenvalue weighted by Crippen LogP contribution is -2.73. The highest BCUT2D eigenvalue weighted by atomic mass is 19.4. The Morgan fingerprint density at radius 2 is 1.73 bits per heavy atom. The van der Waals surface area contributed by atoms with Gasteiger partial charge in [-0.15, -0.1) is 0 Å². The molecule has 3 N–H and O–H groups in total. The predicted octanol–water partition coefficient (Wildman–Crippen LogP) is 3.20. The average Bonchev–Trinajstić information content (AvgIpc) is 2.66. The van der Waals surface area contributed by atoms with E-state index in [9.17, 15) is 41.0 Å². The molecule has 0 bridgehead atoms. The molecule has 1 aromatic heterocycles. The summed E-state index contributed by atoms with van der Waals surface area (Å²) >= 11 is 0. The molecule has 1 aliphatic heterocycles. The van der Waals surface area contributed by atoms with Gasteiger partial charge in [0.15, 0.2) is 5.78 Å². The quantitative estimate of drug-likeness (QED) is 0.512. The molecule has 0 aliphatic carbocycles. The first-order valence-electron chi connectivity index (χ1n) is 8.34. The van der Waals surface area contributed by atoms with Crippen LogP contribution in [-0.4, -0.2) is 33.8 Å². The highest BCUT2D eigenvalue weighted by Gasteiger charge is 2.66. The maximum Gasteiger partial charge on any atom is 0.437 e. The second kappa shape index (κ2) is 7.27. The summed E-state index contributed by atoms with van der Waals surface area (Å²) < 4.78 is 81.7. The molecule has 1 saturated heterocycles. The Kier molecular flexibility index (Phi) is 5.23. The fourth-order valence-electron chi connectivity index (χ4n) is 3.31. The van der Waals surface area contributed by atoms with E-state index in [-0.39, 0.29) is 0 Å². The second-order valence-electron chi connectivity index (χ2n) is 6.51. The number of halogens is 6. The molecule has 2 amide bonds. The lowest BCUT2D eigenvalue weighted by atomic mass is 9.76. The standard InChI is InChI=1S/C18H13F6N3O3/c19-17(20,21)11-6-2-1-5-10(11)13-12(14(28)9-4-3-7-25-8-9)16(30,18(22,23)24)27-15(29)26-13/h1-8,12-13,30H,(H2,26,27,29). The summed E-state index contributed by atoms with van der Waals surface area (Å²) in [5, 5.41) is 13.5. The lowest BCUT2D eigenvalue weighted by Gasteiger charge is -2.45. The van der Waals surface area contributed by atoms with E-state index in [4.69, 9.17) is 0 Å². The zero-order valence-corrected chi connectivity index (χ0v) is 14.8. The van der Waals surface area contributed by atoms with Gasteiger partial charge in [0.05, 0.1) is 11.6 Å². The van der Waals surface area contributed by atoms with Gasteiger partial charge in [-0.1, -0.05) is 18.2 Å². The Morgan fingerprint density at radius 1 is 1.07 bits per heavy atom. The highest BCUT2D eigenvalue weighted by molar-refractivity contribution is 6.00. The largest absolute Gasteiger partial charge is 0.437 e. The van der Waals surface area contributed by atoms with Crippen LogP contribution in [0.25, 0.3) is 0 Å². The van der Waals surface area contributed by atoms with Gasteiger partial charge in [0.25, 0.3) is 0 Å². The first-order valence-corrected chi connectivity index (χ1v) is 8.34. The summed E-state index contributed by atoms with van der Waals surface area (Å²) in [6, 6.07) is 2.13. The van der Waals surface area contributed by atoms with Gasteiger partial charge in [-0.25, -0.2) is 4.79 Å². The molecule has 6 nitrogen and oxygen atoms in total. The molecule has 30 heavy (non-hydrogen) atoms. The van der Waals surface area contributed by atoms with Crippen LogP contribution in [0.2, 0.25) is 0 Å². The highest BCUT2D eigenvalue weighted by Crippen LogP contribution is 2.46. The van der Waals surface area contributed by atoms with Crippen LogP contribution in [0.15, 0.2) is 48.8 Å². The molecule has 0 saturated carbocycles. The first kappa shape index (κ1) is 21.6. The topological polar surface area (TPSA) is 91.3 Å². The third kappa shape index (κ3) is 3.70. The van der Waals surface area contributed by atoms with Crippen molar-refractivity contribution in [2.75, 3.05) is 0 Å². The van der Waals surface area contributed by atoms with Crippen LogP contribution >= 0.6 is 0 Å². The van der Waals surface area contributed by atoms with Gasteiger partial charge in [0.1, 0.15) is 5.92 Å². The normalized spacial score (nSPS) is 24.7. The van der Waals surface area contributed by atoms with Crippen molar-refractivity contribution in [3.05, 3.63) is 65.5 Å². The van der Waals surface area contributed by atoms with Gasteiger partial charge in [-0.2, -0.15) is 26.3 Å². The number of hydrogen-bond donors (Lipinski definition) is 3. The van der Waals surface area contributed by atoms with Gasteiger partial charge in [-0.05, 0) is 23.8 Å². The van der Waals surface area contributed by atoms with Crippen molar-refractivity contribution in [3.63, 3.8) is 0 Å². The van der Waals surface area contributed by atoms with Crippen LogP contribution in [0.1, 0.15) is 27.5 Å². The Balaban J connectivity index is 2.25. The lowest BCUT2D eigenvalue weighted by molar-refractivity contribution is -0.287. The third-order valence-electron chi connectivity index (χ3n) is 4.64. The van der Waals surface area contributed by atoms with Gasteiger partial charge in [0.2, 0.25) is 5.72 Å². The number of nitrogens with zero attached hydrogens (tertiary/aromatic N) is 1. The number of benzene rings is 1. The van der Waals surface area contributed by atoms with E-state index in [1.807, 2.05) is 5.32 Å². The number of aliphatic hydroxyl groups is 1. The number of rotatable bonds is 3. The van der Waals surface area contributed by atoms with E-state index < -0.39 is 58.5 Å². The smallest absolute Gasteiger partial charge is 0.363 e. The number of carbonyl (C=O) groups is 2. The molecule has 3 atom stereocenters. The van der Waals surface area contributed by atoms with Crippen LogP contribution in [-0.2, 0) is 6.18 Å². The monoisotopic (exact) mass is 433 g/mol. The molecule has 1 fully saturated rings. The molecule has 1 aromatic carbocycles. The van der Waals surface area contributed by atoms with Crippen molar-refractivity contribution in [2.45, 2.75) is 24.1 Å². The second-order valence-corrected chi connectivity index (χ2v) is 6.51. The number of urea groups is 1. The number of amides is 2. The molecular weight excluding hydrogens is 420 g/mol. The van der Waals surface area contributed by atoms with Gasteiger partial charge >= 0.3 is 18.4 Å². The molecule has 0 spiro atoms. The molecule has 3 unspecified atom stereocenters. The zero-order valence-electron chi connectivity index (χ0n) is 14.8. The van der Waals surface area contributed by atoms with Crippen molar-refractivity contribution >= 4 is 11.8 Å². The van der Waals surface area contributed by atoms with Gasteiger partial charge < -0.3 is 15.7 Å². The van der Waals surface area contributed by atoms with E-state index in [0.717, 1.165) is 30.5 Å². The van der Waals surface area contributed by atoms with E-state index in [2.05, 4.69) is 4.98 Å². The number of aromatic nitrogens is 1. The van der Waals surface area contributed by atoms with Crippen molar-refractivity contribution < 1.29 is 41.0 Å². The molecule has 2 heterocycles. The van der Waals surface area contributed by atoms with Crippen LogP contribution in [0.4, 0.5) is 31.1 Å². The Bertz CT molecular complexity index is 964. The number of carbonyl (C=O) groups excluding carboxylic acids is 2. The fraction of sp³-hybridized carbons (Fsp3) is 0.278. The van der Waals surface area contributed by atoms with Crippen molar-refractivity contribution in [1.82, 2.24) is 15.6 Å². The fourth-order valence-corrected chi connectivity index (χ4v) is 3.31. The summed E-state index contributed by atoms with van der Waals surface area (Å²) in [6.07, 6.45) is -8.45. The van der Waals surface area contributed by atoms with E-state index in [0.29, 0.717) is 6.07 Å². The molecule has 1 aliphatic rings. The van der Waals surface area contributed by atoms with Crippen molar-refractivity contribution in [3.8, 4) is 0 Å². The number of Topliss-reactive ketones (excluding diaryl/α,β-unsaturated/α-hetero) is 1. The zero-order chi connectivity index (χ0) is 22.3. The molecule has 3 rings (SSSR count). The minimum Gasteiger partial charge on any atom is -0.363 e. The van der Waals surface area contributed by atoms with E-state index in [1.54, 1.807) is 0 Å². The van der Waals surface area contributed by atoms with Gasteiger partial charge in [0, 0.05) is 18.0 Å². The number of hydrogen-bond acceptors (Lipinski definition) is 4. The predicted molar refractivity (Wildman–Crippen MR) is 88.9 cm³/mol. The number of ketones is 1. The summed E-state index contributed by atoms with van der Waals surface area (Å²) in [6.45, 7) is 0. The number of alkyl halides is 6. The Hall–Kier alpha value is -3.15. The molecule has 0 radical (unpaired) electrons. The SMILES string of the molecule is O=C1NC(c2ccccc2C(F)(F)F)C(C(=O)c2cccnc2)C(O)(C(F)(F)F)N1. The molecule has 2 aromatic rings. The van der Waals surface area contributed by atoms with Crippen LogP contribution < -0.4 is 10.6 Å². The van der Waals surface area contributed by atoms with Gasteiger partial charge in [-0.3, -0.25) is 9.78 Å². The summed E-state index contributed by atoms with van der Waals surface area (Å²) in [5.74, 6) is -3.94. The number of nitrogens with one attached hydrogen (secondary N) is 2. The number of pyridine rings is 1. The average molecular weight is 433 g/mol. The summed E-state index contributed by atoms with van der Waals surface area (Å²) in [5.41, 5.74) is -6.68. The minimum atomic E-state index is -5.58. The Labute approximate surface area is 164 Å². The minimum absolute atomic E-state index is 0.391. The van der Waals surface area contributed by atoms with E-state index >= 15 is 0 Å². The summed E-state index contributed by atoms with van der Waals surface area (Å²) in [4.78, 5) is 28.4. The molecule has 160 valence electrons. The van der Waals surface area contributed by atoms with Crippen LogP contribution in [0, 0.1) is 5.92 Å². The molecule has 12 heteroatoms. The van der Waals surface area contributed by atoms with E-state index in [1.165, 1.54) is 17.6 Å². The first-order chi connectivity index (χ1) is 13.9. The van der Waals surface area contributed by atoms with Crippen LogP contribution in [0.3, 0.4) is 0 Å². The summed E-state index contributed by atoms with van der Waals surface area (Å²) in [7, 11) is 0. The Morgan fingerprint density at radius 3 is 2.30 bits per heavy atom. The maximum absolute atomic E-state index is 13.8. The maximum atomic E-state index is 13.8. The third-order valence-corrected chi connectivity index (χ3v) is 4.64. The molecular formula is C18H13F6N3O3. The van der Waals surface area contributed by atoms with Crippen molar-refractivity contribution in [1.29, 1.82) is 0 Å². The van der Waals surface area contributed by atoms with Crippen molar-refractivity contribution in [2.24, 2.45) is 5.92 Å².